The molecule has 11 heteroatoms. The molecule has 73 heavy (non-hydrogen) atoms. The summed E-state index contributed by atoms with van der Waals surface area (Å²) in [6.07, 6.45) is 51.2. The Morgan fingerprint density at radius 1 is 0.534 bits per heavy atom. The normalized spacial score (nSPS) is 19.8. The number of allylic oxidation sites excluding steroid dienone is 9. The van der Waals surface area contributed by atoms with E-state index in [2.05, 4.69) is 74.7 Å². The first-order valence-corrected chi connectivity index (χ1v) is 30.1. The summed E-state index contributed by atoms with van der Waals surface area (Å²) in [4.78, 5) is 26.4. The summed E-state index contributed by atoms with van der Waals surface area (Å²) < 4.78 is 17.5. The summed E-state index contributed by atoms with van der Waals surface area (Å²) in [6.45, 7) is 5.73. The molecule has 0 radical (unpaired) electrons. The number of amides is 1. The number of aliphatic hydroxyl groups excluding tert-OH is 5. The number of hydrogen-bond acceptors (Lipinski definition) is 10. The molecule has 11 nitrogen and oxygen atoms in total. The summed E-state index contributed by atoms with van der Waals surface area (Å²) in [6, 6.07) is -1.03. The third kappa shape index (κ3) is 38.5. The van der Waals surface area contributed by atoms with E-state index >= 15 is 0 Å². The van der Waals surface area contributed by atoms with Crippen LogP contribution in [0, 0.1) is 0 Å². The Labute approximate surface area is 446 Å². The lowest BCUT2D eigenvalue weighted by atomic mass is 9.99. The molecule has 0 aromatic rings. The standard InChI is InChI=1S/C62H111NO10/c1-4-7-10-13-16-19-22-23-24-25-26-27-28-29-30-31-32-35-37-40-43-46-49-55(66)61(70)63-53(54(65)48-45-42-39-36-33-20-17-14-11-8-5-2)52-71-62-60(59(69)58(68)56(51-64)72-62)73-57(67)50-47-44-41-38-34-21-18-15-12-9-6-3/h16,19,23-24,26-27,29-30,45,48,53-56,58-60,62,64-66,68-69H,4-15,17-18,20-22,25,28,31-44,46-47,49-52H2,1-3H3,(H,63,70)/b19-16-,24-23-,27-26-,30-29-,48-45+. The zero-order valence-corrected chi connectivity index (χ0v) is 46.7. The Balaban J connectivity index is 2.67. The zero-order valence-electron chi connectivity index (χ0n) is 46.7. The predicted molar refractivity (Wildman–Crippen MR) is 301 cm³/mol. The van der Waals surface area contributed by atoms with Crippen molar-refractivity contribution in [3.05, 3.63) is 60.8 Å². The lowest BCUT2D eigenvalue weighted by molar-refractivity contribution is -0.305. The van der Waals surface area contributed by atoms with Gasteiger partial charge in [-0.2, -0.15) is 0 Å². The van der Waals surface area contributed by atoms with E-state index in [0.29, 0.717) is 12.8 Å². The van der Waals surface area contributed by atoms with Gasteiger partial charge in [-0.15, -0.1) is 0 Å². The second kappa shape index (κ2) is 50.2. The van der Waals surface area contributed by atoms with E-state index in [1.54, 1.807) is 6.08 Å². The van der Waals surface area contributed by atoms with Crippen LogP contribution in [0.1, 0.15) is 258 Å². The number of esters is 1. The molecule has 0 bridgehead atoms. The molecule has 6 N–H and O–H groups in total. The highest BCUT2D eigenvalue weighted by Crippen LogP contribution is 2.26. The van der Waals surface area contributed by atoms with Crippen molar-refractivity contribution in [3.63, 3.8) is 0 Å². The van der Waals surface area contributed by atoms with E-state index < -0.39 is 67.4 Å². The number of rotatable bonds is 50. The van der Waals surface area contributed by atoms with Gasteiger partial charge in [0.15, 0.2) is 12.4 Å². The van der Waals surface area contributed by atoms with Crippen LogP contribution in [0.5, 0.6) is 0 Å². The van der Waals surface area contributed by atoms with E-state index in [1.807, 2.05) is 6.08 Å². The lowest BCUT2D eigenvalue weighted by Gasteiger charge is -2.41. The molecule has 0 aromatic heterocycles. The molecule has 8 atom stereocenters. The van der Waals surface area contributed by atoms with Crippen LogP contribution in [0.2, 0.25) is 0 Å². The van der Waals surface area contributed by atoms with Crippen LogP contribution in [0.15, 0.2) is 60.8 Å². The fourth-order valence-electron chi connectivity index (χ4n) is 9.10. The first kappa shape index (κ1) is 68.4. The van der Waals surface area contributed by atoms with E-state index in [0.717, 1.165) is 96.3 Å². The van der Waals surface area contributed by atoms with Crippen LogP contribution in [0.3, 0.4) is 0 Å². The van der Waals surface area contributed by atoms with E-state index in [-0.39, 0.29) is 19.4 Å². The van der Waals surface area contributed by atoms with Gasteiger partial charge in [0.25, 0.3) is 0 Å². The van der Waals surface area contributed by atoms with Crippen LogP contribution >= 0.6 is 0 Å². The van der Waals surface area contributed by atoms with Gasteiger partial charge >= 0.3 is 5.97 Å². The maximum atomic E-state index is 13.4. The second-order valence-corrected chi connectivity index (χ2v) is 20.7. The molecular formula is C62H111NO10. The minimum absolute atomic E-state index is 0.123. The van der Waals surface area contributed by atoms with Gasteiger partial charge in [-0.25, -0.2) is 0 Å². The Morgan fingerprint density at radius 3 is 1.44 bits per heavy atom. The lowest BCUT2D eigenvalue weighted by Crippen LogP contribution is -2.61. The minimum atomic E-state index is -1.61. The Bertz CT molecular complexity index is 1420. The van der Waals surface area contributed by atoms with Gasteiger partial charge in [0.2, 0.25) is 5.91 Å². The van der Waals surface area contributed by atoms with Crippen molar-refractivity contribution in [2.45, 2.75) is 307 Å². The quantitative estimate of drug-likeness (QED) is 0.0195. The maximum Gasteiger partial charge on any atom is 0.306 e. The van der Waals surface area contributed by atoms with E-state index in [4.69, 9.17) is 14.2 Å². The van der Waals surface area contributed by atoms with E-state index in [1.165, 1.54) is 116 Å². The van der Waals surface area contributed by atoms with Crippen LogP contribution < -0.4 is 5.32 Å². The molecule has 0 saturated carbocycles. The molecule has 1 heterocycles. The summed E-state index contributed by atoms with van der Waals surface area (Å²) in [5.74, 6) is -1.20. The van der Waals surface area contributed by atoms with Crippen LogP contribution in [0.25, 0.3) is 0 Å². The molecule has 1 fully saturated rings. The first-order valence-electron chi connectivity index (χ1n) is 30.1. The monoisotopic (exact) mass is 1030 g/mol. The average molecular weight is 1030 g/mol. The van der Waals surface area contributed by atoms with Crippen molar-refractivity contribution in [2.24, 2.45) is 0 Å². The van der Waals surface area contributed by atoms with Gasteiger partial charge in [-0.3, -0.25) is 9.59 Å². The number of nitrogens with one attached hydrogen (secondary N) is 1. The largest absolute Gasteiger partial charge is 0.454 e. The molecule has 424 valence electrons. The summed E-state index contributed by atoms with van der Waals surface area (Å²) >= 11 is 0. The number of unbranched alkanes of at least 4 members (excludes halogenated alkanes) is 28. The Hall–Kier alpha value is -2.64. The first-order chi connectivity index (χ1) is 35.7. The minimum Gasteiger partial charge on any atom is -0.454 e. The van der Waals surface area contributed by atoms with Crippen molar-refractivity contribution in [1.29, 1.82) is 0 Å². The van der Waals surface area contributed by atoms with Gasteiger partial charge < -0.3 is 45.1 Å². The fraction of sp³-hybridized carbons (Fsp3) is 0.806. The van der Waals surface area contributed by atoms with E-state index in [9.17, 15) is 35.1 Å². The molecule has 1 rings (SSSR count). The SMILES string of the molecule is CCCCC/C=C\C/C=C\C/C=C\C/C=C\CCCCCCCCC(O)C(=O)NC(COC1OC(CO)C(O)C(O)C1OC(=O)CCCCCCCCCCCCC)C(O)/C=C/CCCCCCCCCCC. The summed E-state index contributed by atoms with van der Waals surface area (Å²) in [5, 5.41) is 56.8. The smallest absolute Gasteiger partial charge is 0.306 e. The molecule has 1 aliphatic heterocycles. The van der Waals surface area contributed by atoms with Crippen molar-refractivity contribution in [3.8, 4) is 0 Å². The Kier molecular flexibility index (Phi) is 47.0. The summed E-state index contributed by atoms with van der Waals surface area (Å²) in [5.41, 5.74) is 0. The fourth-order valence-corrected chi connectivity index (χ4v) is 9.10. The maximum absolute atomic E-state index is 13.4. The third-order valence-electron chi connectivity index (χ3n) is 13.9. The van der Waals surface area contributed by atoms with Crippen molar-refractivity contribution >= 4 is 11.9 Å². The van der Waals surface area contributed by atoms with Gasteiger partial charge in [0.05, 0.1) is 25.4 Å². The van der Waals surface area contributed by atoms with Crippen LogP contribution in [-0.2, 0) is 23.8 Å². The highest BCUT2D eigenvalue weighted by atomic mass is 16.7. The topological polar surface area (TPSA) is 175 Å². The molecule has 0 aliphatic carbocycles. The highest BCUT2D eigenvalue weighted by molar-refractivity contribution is 5.80. The van der Waals surface area contributed by atoms with Gasteiger partial charge in [0.1, 0.15) is 24.4 Å². The van der Waals surface area contributed by atoms with Crippen molar-refractivity contribution in [1.82, 2.24) is 5.32 Å². The number of carbonyl (C=O) groups is 2. The van der Waals surface area contributed by atoms with Gasteiger partial charge in [-0.1, -0.05) is 242 Å². The number of aliphatic hydroxyl groups is 5. The Morgan fingerprint density at radius 2 is 0.945 bits per heavy atom. The molecular weight excluding hydrogens is 919 g/mol. The predicted octanol–water partition coefficient (Wildman–Crippen LogP) is 13.8. The molecule has 1 amide bonds. The number of carbonyl (C=O) groups excluding carboxylic acids is 2. The van der Waals surface area contributed by atoms with Crippen LogP contribution in [0.4, 0.5) is 0 Å². The molecule has 1 aliphatic rings. The third-order valence-corrected chi connectivity index (χ3v) is 13.9. The van der Waals surface area contributed by atoms with Crippen LogP contribution in [-0.4, -0.2) is 99.6 Å². The molecule has 8 unspecified atom stereocenters. The second-order valence-electron chi connectivity index (χ2n) is 20.7. The summed E-state index contributed by atoms with van der Waals surface area (Å²) in [7, 11) is 0. The van der Waals surface area contributed by atoms with Gasteiger partial charge in [-0.05, 0) is 70.6 Å². The number of hydrogen-bond donors (Lipinski definition) is 6. The van der Waals surface area contributed by atoms with Crippen molar-refractivity contribution < 1.29 is 49.3 Å². The highest BCUT2D eigenvalue weighted by Gasteiger charge is 2.47. The zero-order chi connectivity index (χ0) is 53.3. The molecule has 0 spiro atoms. The molecule has 1 saturated heterocycles. The molecule has 0 aromatic carbocycles. The van der Waals surface area contributed by atoms with Crippen molar-refractivity contribution in [2.75, 3.05) is 13.2 Å². The number of ether oxygens (including phenoxy) is 3. The van der Waals surface area contributed by atoms with Gasteiger partial charge in [0, 0.05) is 6.42 Å². The average Bonchev–Trinajstić information content (AvgIpc) is 3.39.